The van der Waals surface area contributed by atoms with Gasteiger partial charge in [0.15, 0.2) is 0 Å². The molecule has 0 amide bonds. The summed E-state index contributed by atoms with van der Waals surface area (Å²) >= 11 is 0. The van der Waals surface area contributed by atoms with E-state index in [-0.39, 0.29) is 5.92 Å². The van der Waals surface area contributed by atoms with E-state index in [1.807, 2.05) is 44.2 Å². The van der Waals surface area contributed by atoms with Gasteiger partial charge in [-0.05, 0) is 17.5 Å². The minimum Gasteiger partial charge on any atom is -0.480 e. The standard InChI is InChI=1S/C16H19N3O2/c1-11(2)15(16(20)21)19-13-8-9-17-14(18-13)10-12-6-4-3-5-7-12/h3-9,11,15H,10H2,1-2H3,(H,20,21)(H,17,18,19)/t15-/m0/s1. The molecule has 0 bridgehead atoms. The second-order valence-corrected chi connectivity index (χ2v) is 5.22. The number of benzene rings is 1. The molecule has 1 aromatic carbocycles. The normalized spacial score (nSPS) is 12.1. The van der Waals surface area contributed by atoms with E-state index in [1.165, 1.54) is 0 Å². The topological polar surface area (TPSA) is 75.1 Å². The lowest BCUT2D eigenvalue weighted by Crippen LogP contribution is -2.34. The van der Waals surface area contributed by atoms with Gasteiger partial charge in [-0.15, -0.1) is 0 Å². The van der Waals surface area contributed by atoms with Crippen LogP contribution in [0.3, 0.4) is 0 Å². The predicted octanol–water partition coefficient (Wildman–Crippen LogP) is 2.59. The first-order valence-corrected chi connectivity index (χ1v) is 6.91. The molecule has 0 saturated heterocycles. The lowest BCUT2D eigenvalue weighted by molar-refractivity contribution is -0.138. The highest BCUT2D eigenvalue weighted by atomic mass is 16.4. The summed E-state index contributed by atoms with van der Waals surface area (Å²) in [5.41, 5.74) is 1.12. The summed E-state index contributed by atoms with van der Waals surface area (Å²) in [7, 11) is 0. The minimum atomic E-state index is -0.881. The summed E-state index contributed by atoms with van der Waals surface area (Å²) in [4.78, 5) is 19.8. The van der Waals surface area contributed by atoms with Gasteiger partial charge < -0.3 is 10.4 Å². The zero-order valence-corrected chi connectivity index (χ0v) is 12.2. The van der Waals surface area contributed by atoms with E-state index in [4.69, 9.17) is 0 Å². The van der Waals surface area contributed by atoms with Gasteiger partial charge in [-0.25, -0.2) is 14.8 Å². The second-order valence-electron chi connectivity index (χ2n) is 5.22. The van der Waals surface area contributed by atoms with Crippen LogP contribution in [0, 0.1) is 5.92 Å². The molecule has 0 radical (unpaired) electrons. The van der Waals surface area contributed by atoms with Crippen LogP contribution in [0.2, 0.25) is 0 Å². The average Bonchev–Trinajstić information content (AvgIpc) is 2.45. The van der Waals surface area contributed by atoms with Crippen molar-refractivity contribution in [2.24, 2.45) is 5.92 Å². The van der Waals surface area contributed by atoms with E-state index in [1.54, 1.807) is 12.3 Å². The van der Waals surface area contributed by atoms with Crippen LogP contribution in [-0.2, 0) is 11.2 Å². The molecule has 1 aromatic heterocycles. The third-order valence-electron chi connectivity index (χ3n) is 3.15. The van der Waals surface area contributed by atoms with Crippen LogP contribution in [0.4, 0.5) is 5.82 Å². The monoisotopic (exact) mass is 285 g/mol. The molecule has 21 heavy (non-hydrogen) atoms. The highest BCUT2D eigenvalue weighted by Gasteiger charge is 2.21. The molecule has 1 heterocycles. The van der Waals surface area contributed by atoms with E-state index < -0.39 is 12.0 Å². The molecular weight excluding hydrogens is 266 g/mol. The molecular formula is C16H19N3O2. The van der Waals surface area contributed by atoms with Gasteiger partial charge in [-0.2, -0.15) is 0 Å². The van der Waals surface area contributed by atoms with E-state index >= 15 is 0 Å². The van der Waals surface area contributed by atoms with E-state index in [0.717, 1.165) is 5.56 Å². The Kier molecular flexibility index (Phi) is 4.87. The highest BCUT2D eigenvalue weighted by molar-refractivity contribution is 5.77. The van der Waals surface area contributed by atoms with Gasteiger partial charge in [0, 0.05) is 12.6 Å². The summed E-state index contributed by atoms with van der Waals surface area (Å²) in [6.45, 7) is 3.72. The maximum Gasteiger partial charge on any atom is 0.326 e. The predicted molar refractivity (Wildman–Crippen MR) is 81.2 cm³/mol. The number of carboxylic acids is 1. The molecule has 5 nitrogen and oxygen atoms in total. The van der Waals surface area contributed by atoms with Crippen LogP contribution in [-0.4, -0.2) is 27.1 Å². The molecule has 2 N–H and O–H groups in total. The Labute approximate surface area is 124 Å². The average molecular weight is 285 g/mol. The summed E-state index contributed by atoms with van der Waals surface area (Å²) in [6.07, 6.45) is 2.27. The molecule has 110 valence electrons. The number of rotatable bonds is 6. The Balaban J connectivity index is 2.12. The molecule has 0 aliphatic heterocycles. The van der Waals surface area contributed by atoms with Crippen LogP contribution in [0.25, 0.3) is 0 Å². The number of hydrogen-bond donors (Lipinski definition) is 2. The van der Waals surface area contributed by atoms with Crippen molar-refractivity contribution in [2.75, 3.05) is 5.32 Å². The Hall–Kier alpha value is -2.43. The fourth-order valence-electron chi connectivity index (χ4n) is 2.02. The Morgan fingerprint density at radius 1 is 1.24 bits per heavy atom. The van der Waals surface area contributed by atoms with Crippen molar-refractivity contribution in [2.45, 2.75) is 26.3 Å². The molecule has 2 rings (SSSR count). The molecule has 0 saturated carbocycles. The summed E-state index contributed by atoms with van der Waals surface area (Å²) < 4.78 is 0. The fourth-order valence-corrected chi connectivity index (χ4v) is 2.02. The zero-order valence-electron chi connectivity index (χ0n) is 12.2. The third kappa shape index (κ3) is 4.27. The number of anilines is 1. The van der Waals surface area contributed by atoms with Gasteiger partial charge in [0.2, 0.25) is 0 Å². The highest BCUT2D eigenvalue weighted by Crippen LogP contribution is 2.12. The third-order valence-corrected chi connectivity index (χ3v) is 3.15. The number of nitrogens with zero attached hydrogens (tertiary/aromatic N) is 2. The number of nitrogens with one attached hydrogen (secondary N) is 1. The number of aromatic nitrogens is 2. The number of hydrogen-bond acceptors (Lipinski definition) is 4. The fraction of sp³-hybridized carbons (Fsp3) is 0.312. The number of carbonyl (C=O) groups is 1. The molecule has 0 spiro atoms. The van der Waals surface area contributed by atoms with Gasteiger partial charge in [0.1, 0.15) is 17.7 Å². The lowest BCUT2D eigenvalue weighted by Gasteiger charge is -2.18. The molecule has 2 aromatic rings. The lowest BCUT2D eigenvalue weighted by atomic mass is 10.1. The van der Waals surface area contributed by atoms with Crippen molar-refractivity contribution in [1.29, 1.82) is 0 Å². The van der Waals surface area contributed by atoms with Crippen molar-refractivity contribution in [3.05, 3.63) is 54.0 Å². The SMILES string of the molecule is CC(C)[C@H](Nc1ccnc(Cc2ccccc2)n1)C(=O)O. The first-order chi connectivity index (χ1) is 10.1. The smallest absolute Gasteiger partial charge is 0.326 e. The number of carboxylic acid groups (broad SMARTS) is 1. The first-order valence-electron chi connectivity index (χ1n) is 6.91. The largest absolute Gasteiger partial charge is 0.480 e. The van der Waals surface area contributed by atoms with Crippen molar-refractivity contribution in [1.82, 2.24) is 9.97 Å². The van der Waals surface area contributed by atoms with Crippen LogP contribution in [0.1, 0.15) is 25.2 Å². The van der Waals surface area contributed by atoms with Gasteiger partial charge in [-0.3, -0.25) is 0 Å². The van der Waals surface area contributed by atoms with Crippen LogP contribution in [0.5, 0.6) is 0 Å². The Morgan fingerprint density at radius 2 is 1.95 bits per heavy atom. The zero-order chi connectivity index (χ0) is 15.2. The molecule has 0 aliphatic carbocycles. The summed E-state index contributed by atoms with van der Waals surface area (Å²) in [5, 5.41) is 12.2. The van der Waals surface area contributed by atoms with E-state index in [2.05, 4.69) is 15.3 Å². The second kappa shape index (κ2) is 6.83. The van der Waals surface area contributed by atoms with Crippen molar-refractivity contribution < 1.29 is 9.90 Å². The maximum atomic E-state index is 11.2. The first kappa shape index (κ1) is 15.0. The molecule has 0 fully saturated rings. The van der Waals surface area contributed by atoms with Gasteiger partial charge in [-0.1, -0.05) is 44.2 Å². The minimum absolute atomic E-state index is 0.0324. The van der Waals surface area contributed by atoms with E-state index in [9.17, 15) is 9.90 Å². The summed E-state index contributed by atoms with van der Waals surface area (Å²) in [6, 6.07) is 10.9. The number of aliphatic carboxylic acids is 1. The van der Waals surface area contributed by atoms with Crippen LogP contribution < -0.4 is 5.32 Å². The molecule has 0 unspecified atom stereocenters. The molecule has 5 heteroatoms. The van der Waals surface area contributed by atoms with Gasteiger partial charge >= 0.3 is 5.97 Å². The van der Waals surface area contributed by atoms with Crippen molar-refractivity contribution in [3.8, 4) is 0 Å². The molecule has 0 aliphatic rings. The van der Waals surface area contributed by atoms with Crippen molar-refractivity contribution in [3.63, 3.8) is 0 Å². The Bertz CT molecular complexity index is 599. The van der Waals surface area contributed by atoms with Crippen LogP contribution in [0.15, 0.2) is 42.6 Å². The quantitative estimate of drug-likeness (QED) is 0.853. The van der Waals surface area contributed by atoms with Gasteiger partial charge in [0.25, 0.3) is 0 Å². The van der Waals surface area contributed by atoms with Crippen LogP contribution >= 0.6 is 0 Å². The van der Waals surface area contributed by atoms with Crippen molar-refractivity contribution >= 4 is 11.8 Å². The van der Waals surface area contributed by atoms with Gasteiger partial charge in [0.05, 0.1) is 0 Å². The van der Waals surface area contributed by atoms with E-state index in [0.29, 0.717) is 18.1 Å². The maximum absolute atomic E-state index is 11.2. The molecule has 1 atom stereocenters. The Morgan fingerprint density at radius 3 is 2.57 bits per heavy atom. The summed E-state index contributed by atoms with van der Waals surface area (Å²) in [5.74, 6) is 0.291.